The van der Waals surface area contributed by atoms with E-state index in [1.54, 1.807) is 6.92 Å². The Balaban J connectivity index is 1.72. The number of aliphatic hydroxyl groups is 1. The molecule has 3 nitrogen and oxygen atoms in total. The minimum Gasteiger partial charge on any atom is -0.390 e. The van der Waals surface area contributed by atoms with Crippen molar-refractivity contribution in [3.05, 3.63) is 0 Å². The first kappa shape index (κ1) is 19.1. The van der Waals surface area contributed by atoms with Crippen molar-refractivity contribution in [2.24, 2.45) is 35.0 Å². The van der Waals surface area contributed by atoms with Crippen molar-refractivity contribution in [2.45, 2.75) is 91.1 Å². The predicted octanol–water partition coefficient (Wildman–Crippen LogP) is 4.55. The van der Waals surface area contributed by atoms with E-state index < -0.39 is 5.60 Å². The molecule has 1 N–H and O–H groups in total. The van der Waals surface area contributed by atoms with Crippen LogP contribution in [0.4, 0.5) is 0 Å². The van der Waals surface area contributed by atoms with Crippen LogP contribution in [0.25, 0.3) is 0 Å². The summed E-state index contributed by atoms with van der Waals surface area (Å²) in [6.45, 7) is 8.04. The van der Waals surface area contributed by atoms with Gasteiger partial charge in [0.25, 0.3) is 0 Å². The van der Waals surface area contributed by atoms with Gasteiger partial charge in [0.05, 0.1) is 5.60 Å². The maximum absolute atomic E-state index is 12.9. The molecule has 0 heterocycles. The van der Waals surface area contributed by atoms with E-state index in [4.69, 9.17) is 0 Å². The van der Waals surface area contributed by atoms with Gasteiger partial charge in [-0.1, -0.05) is 20.3 Å². The number of carbonyl (C=O) groups is 2. The van der Waals surface area contributed by atoms with Crippen LogP contribution in [-0.2, 0) is 9.59 Å². The normalized spacial score (nSPS) is 43.2. The third-order valence-corrected chi connectivity index (χ3v) is 8.03. The van der Waals surface area contributed by atoms with Crippen molar-refractivity contribution < 1.29 is 14.7 Å². The molecule has 0 aliphatic heterocycles. The van der Waals surface area contributed by atoms with Crippen LogP contribution in [-0.4, -0.2) is 22.3 Å². The number of ketones is 2. The number of hydrogen-bond donors (Lipinski definition) is 1. The van der Waals surface area contributed by atoms with Gasteiger partial charge in [0.2, 0.25) is 0 Å². The SMILES string of the molecule is CCC[C@](C)(O)C[C@H]1C[C@H]2CC[C@]3(C)[C@@H](C(C)=O)CC[C@H]3[C@@H]2CC1=O. The number of fused-ring (bicyclic) bond motifs is 3. The minimum absolute atomic E-state index is 0.0390. The molecule has 0 unspecified atom stereocenters. The highest BCUT2D eigenvalue weighted by atomic mass is 16.3. The summed E-state index contributed by atoms with van der Waals surface area (Å²) in [6, 6.07) is 0. The summed E-state index contributed by atoms with van der Waals surface area (Å²) in [5.41, 5.74) is -0.591. The summed E-state index contributed by atoms with van der Waals surface area (Å²) in [7, 11) is 0. The van der Waals surface area contributed by atoms with Crippen molar-refractivity contribution in [1.82, 2.24) is 0 Å². The molecule has 3 rings (SSSR count). The van der Waals surface area contributed by atoms with E-state index in [9.17, 15) is 14.7 Å². The molecule has 0 bridgehead atoms. The molecule has 142 valence electrons. The van der Waals surface area contributed by atoms with Gasteiger partial charge in [0.15, 0.2) is 0 Å². The molecule has 0 saturated heterocycles. The van der Waals surface area contributed by atoms with E-state index in [0.29, 0.717) is 42.2 Å². The zero-order valence-corrected chi connectivity index (χ0v) is 16.5. The highest BCUT2D eigenvalue weighted by molar-refractivity contribution is 5.82. The van der Waals surface area contributed by atoms with Gasteiger partial charge >= 0.3 is 0 Å². The average Bonchev–Trinajstić information content (AvgIpc) is 2.86. The Hall–Kier alpha value is -0.700. The van der Waals surface area contributed by atoms with Crippen LogP contribution in [0.2, 0.25) is 0 Å². The Morgan fingerprint density at radius 3 is 2.68 bits per heavy atom. The van der Waals surface area contributed by atoms with E-state index in [1.165, 1.54) is 0 Å². The second-order valence-electron chi connectivity index (χ2n) is 9.87. The molecule has 3 heteroatoms. The van der Waals surface area contributed by atoms with Crippen LogP contribution in [0.3, 0.4) is 0 Å². The lowest BCUT2D eigenvalue weighted by molar-refractivity contribution is -0.136. The topological polar surface area (TPSA) is 54.4 Å². The van der Waals surface area contributed by atoms with E-state index in [0.717, 1.165) is 44.9 Å². The Morgan fingerprint density at radius 1 is 1.32 bits per heavy atom. The van der Waals surface area contributed by atoms with E-state index in [-0.39, 0.29) is 17.3 Å². The fourth-order valence-corrected chi connectivity index (χ4v) is 6.90. The number of carbonyl (C=O) groups excluding carboxylic acids is 2. The minimum atomic E-state index is -0.710. The molecule has 25 heavy (non-hydrogen) atoms. The van der Waals surface area contributed by atoms with Crippen LogP contribution in [0.5, 0.6) is 0 Å². The molecule has 7 atom stereocenters. The van der Waals surface area contributed by atoms with E-state index in [1.807, 2.05) is 6.92 Å². The van der Waals surface area contributed by atoms with Crippen LogP contribution in [0.1, 0.15) is 85.5 Å². The lowest BCUT2D eigenvalue weighted by atomic mass is 9.53. The molecule has 3 aliphatic carbocycles. The van der Waals surface area contributed by atoms with E-state index >= 15 is 0 Å². The van der Waals surface area contributed by atoms with Gasteiger partial charge in [0, 0.05) is 18.3 Å². The predicted molar refractivity (Wildman–Crippen MR) is 99.1 cm³/mol. The van der Waals surface area contributed by atoms with Gasteiger partial charge in [0.1, 0.15) is 11.6 Å². The van der Waals surface area contributed by atoms with Crippen molar-refractivity contribution in [3.63, 3.8) is 0 Å². The summed E-state index contributed by atoms with van der Waals surface area (Å²) in [6.07, 6.45) is 8.41. The van der Waals surface area contributed by atoms with Gasteiger partial charge in [-0.05, 0) is 82.0 Å². The van der Waals surface area contributed by atoms with Gasteiger partial charge < -0.3 is 5.11 Å². The summed E-state index contributed by atoms with van der Waals surface area (Å²) in [4.78, 5) is 25.0. The average molecular weight is 349 g/mol. The molecule has 0 aromatic heterocycles. The first-order valence-electron chi connectivity index (χ1n) is 10.4. The van der Waals surface area contributed by atoms with Crippen LogP contribution >= 0.6 is 0 Å². The molecule has 0 aromatic rings. The fraction of sp³-hybridized carbons (Fsp3) is 0.909. The Bertz CT molecular complexity index is 537. The van der Waals surface area contributed by atoms with Crippen molar-refractivity contribution >= 4 is 11.6 Å². The summed E-state index contributed by atoms with van der Waals surface area (Å²) in [5.74, 6) is 2.59. The highest BCUT2D eigenvalue weighted by Crippen LogP contribution is 2.62. The molecule has 0 amide bonds. The van der Waals surface area contributed by atoms with Crippen LogP contribution in [0, 0.1) is 35.0 Å². The molecule has 0 radical (unpaired) electrons. The van der Waals surface area contributed by atoms with Gasteiger partial charge in [-0.2, -0.15) is 0 Å². The third kappa shape index (κ3) is 3.46. The smallest absolute Gasteiger partial charge is 0.136 e. The van der Waals surface area contributed by atoms with E-state index in [2.05, 4.69) is 13.8 Å². The Morgan fingerprint density at radius 2 is 2.04 bits per heavy atom. The highest BCUT2D eigenvalue weighted by Gasteiger charge is 2.56. The summed E-state index contributed by atoms with van der Waals surface area (Å²) in [5, 5.41) is 10.6. The molecular weight excluding hydrogens is 312 g/mol. The monoisotopic (exact) mass is 348 g/mol. The van der Waals surface area contributed by atoms with Crippen molar-refractivity contribution in [1.29, 1.82) is 0 Å². The van der Waals surface area contributed by atoms with Gasteiger partial charge in [-0.3, -0.25) is 9.59 Å². The zero-order chi connectivity index (χ0) is 18.4. The first-order chi connectivity index (χ1) is 11.7. The molecule has 3 fully saturated rings. The molecule has 3 saturated carbocycles. The van der Waals surface area contributed by atoms with Crippen LogP contribution in [0.15, 0.2) is 0 Å². The van der Waals surface area contributed by atoms with Crippen molar-refractivity contribution in [2.75, 3.05) is 0 Å². The van der Waals surface area contributed by atoms with Crippen LogP contribution < -0.4 is 0 Å². The Kier molecular flexibility index (Phi) is 5.18. The second kappa shape index (κ2) is 6.79. The van der Waals surface area contributed by atoms with Gasteiger partial charge in [-0.15, -0.1) is 0 Å². The fourth-order valence-electron chi connectivity index (χ4n) is 6.90. The van der Waals surface area contributed by atoms with Gasteiger partial charge in [-0.25, -0.2) is 0 Å². The number of Topliss-reactive ketones (excluding diaryl/α,β-unsaturated/α-hetero) is 2. The summed E-state index contributed by atoms with van der Waals surface area (Å²) < 4.78 is 0. The summed E-state index contributed by atoms with van der Waals surface area (Å²) >= 11 is 0. The van der Waals surface area contributed by atoms with Crippen molar-refractivity contribution in [3.8, 4) is 0 Å². The number of rotatable bonds is 5. The maximum atomic E-state index is 12.9. The standard InChI is InChI=1S/C22H36O3/c1-5-9-21(3,25)13-16-11-15-8-10-22(4)18(14(2)23)6-7-19(22)17(15)12-20(16)24/h15-19,25H,5-13H2,1-4H3/t15-,16-,17-,18-,19+,21+,22-/m1/s1. The lowest BCUT2D eigenvalue weighted by Gasteiger charge is -2.51. The molecule has 0 aromatic carbocycles. The third-order valence-electron chi connectivity index (χ3n) is 8.03. The zero-order valence-electron chi connectivity index (χ0n) is 16.5. The maximum Gasteiger partial charge on any atom is 0.136 e. The second-order valence-corrected chi connectivity index (χ2v) is 9.87. The number of hydrogen-bond acceptors (Lipinski definition) is 3. The largest absolute Gasteiger partial charge is 0.390 e. The lowest BCUT2D eigenvalue weighted by Crippen LogP contribution is -2.47. The molecular formula is C22H36O3. The molecule has 3 aliphatic rings. The molecule has 0 spiro atoms. The first-order valence-corrected chi connectivity index (χ1v) is 10.4. The quantitative estimate of drug-likeness (QED) is 0.793. The Labute approximate surface area is 153 Å².